The van der Waals surface area contributed by atoms with Gasteiger partial charge in [-0.2, -0.15) is 13.2 Å². The van der Waals surface area contributed by atoms with Crippen molar-refractivity contribution in [1.82, 2.24) is 9.97 Å². The van der Waals surface area contributed by atoms with Crippen LogP contribution in [-0.4, -0.2) is 29.1 Å². The molecule has 2 fully saturated rings. The molecular formula is C25H21ClF3N3O2. The number of aromatic nitrogens is 2. The van der Waals surface area contributed by atoms with Gasteiger partial charge >= 0.3 is 6.18 Å². The molecule has 2 atom stereocenters. The molecule has 0 bridgehead atoms. The highest BCUT2D eigenvalue weighted by Gasteiger charge is 2.57. The lowest BCUT2D eigenvalue weighted by Crippen LogP contribution is -2.22. The van der Waals surface area contributed by atoms with E-state index in [4.69, 9.17) is 16.3 Å². The summed E-state index contributed by atoms with van der Waals surface area (Å²) >= 11 is 6.38. The highest BCUT2D eigenvalue weighted by molar-refractivity contribution is 6.29. The number of fused-ring (bicyclic) bond motifs is 1. The van der Waals surface area contributed by atoms with E-state index < -0.39 is 17.6 Å². The molecule has 3 aromatic rings. The third-order valence-corrected chi connectivity index (χ3v) is 6.85. The molecule has 0 radical (unpaired) electrons. The smallest absolute Gasteiger partial charge is 0.381 e. The van der Waals surface area contributed by atoms with E-state index >= 15 is 0 Å². The molecule has 1 N–H and O–H groups in total. The van der Waals surface area contributed by atoms with Gasteiger partial charge in [-0.25, -0.2) is 4.98 Å². The normalized spacial score (nSPS) is 21.6. The highest BCUT2D eigenvalue weighted by Crippen LogP contribution is 2.58. The molecular weight excluding hydrogens is 467 g/mol. The number of pyridine rings is 2. The largest absolute Gasteiger partial charge is 0.416 e. The molecule has 2 aliphatic rings. The van der Waals surface area contributed by atoms with Gasteiger partial charge in [0.15, 0.2) is 0 Å². The van der Waals surface area contributed by atoms with Gasteiger partial charge in [-0.1, -0.05) is 17.7 Å². The minimum absolute atomic E-state index is 0.00540. The summed E-state index contributed by atoms with van der Waals surface area (Å²) in [5.74, 6) is -0.213. The molecule has 176 valence electrons. The molecule has 2 aromatic heterocycles. The molecule has 2 unspecified atom stereocenters. The van der Waals surface area contributed by atoms with E-state index in [2.05, 4.69) is 15.3 Å². The molecule has 1 saturated carbocycles. The van der Waals surface area contributed by atoms with Crippen LogP contribution in [0.1, 0.15) is 40.2 Å². The van der Waals surface area contributed by atoms with Crippen molar-refractivity contribution in [1.29, 1.82) is 0 Å². The van der Waals surface area contributed by atoms with Crippen molar-refractivity contribution in [3.63, 3.8) is 0 Å². The number of rotatable bonds is 4. The summed E-state index contributed by atoms with van der Waals surface area (Å²) in [6.07, 6.45) is -1.14. The summed E-state index contributed by atoms with van der Waals surface area (Å²) in [6, 6.07) is 9.80. The molecule has 9 heteroatoms. The lowest BCUT2D eigenvalue weighted by molar-refractivity contribution is -0.137. The van der Waals surface area contributed by atoms with Crippen LogP contribution in [0, 0.1) is 12.8 Å². The zero-order valence-electron chi connectivity index (χ0n) is 18.2. The SMILES string of the molecule is Cc1ncc(NC(=O)c2cccc(C(F)(F)F)c2)cc1-c1cc(Cl)nc(C23CCOCC2C3)c1. The van der Waals surface area contributed by atoms with Gasteiger partial charge in [0.1, 0.15) is 5.15 Å². The van der Waals surface area contributed by atoms with Crippen molar-refractivity contribution < 1.29 is 22.7 Å². The number of hydrogen-bond acceptors (Lipinski definition) is 4. The maximum absolute atomic E-state index is 13.0. The maximum Gasteiger partial charge on any atom is 0.416 e. The van der Waals surface area contributed by atoms with Crippen molar-refractivity contribution in [2.75, 3.05) is 18.5 Å². The van der Waals surface area contributed by atoms with Gasteiger partial charge in [-0.3, -0.25) is 9.78 Å². The molecule has 0 spiro atoms. The van der Waals surface area contributed by atoms with Gasteiger partial charge in [-0.15, -0.1) is 0 Å². The number of aryl methyl sites for hydroxylation is 1. The Labute approximate surface area is 199 Å². The Hall–Kier alpha value is -2.97. The first-order chi connectivity index (χ1) is 16.2. The Morgan fingerprint density at radius 1 is 1.24 bits per heavy atom. The van der Waals surface area contributed by atoms with Crippen LogP contribution in [0.15, 0.2) is 48.7 Å². The topological polar surface area (TPSA) is 64.1 Å². The number of benzene rings is 1. The van der Waals surface area contributed by atoms with Crippen LogP contribution in [0.25, 0.3) is 11.1 Å². The van der Waals surface area contributed by atoms with Crippen molar-refractivity contribution >= 4 is 23.2 Å². The van der Waals surface area contributed by atoms with Crippen LogP contribution in [0.2, 0.25) is 5.15 Å². The van der Waals surface area contributed by atoms with Crippen molar-refractivity contribution in [3.05, 3.63) is 76.3 Å². The Kier molecular flexibility index (Phi) is 5.61. The molecule has 1 aliphatic carbocycles. The summed E-state index contributed by atoms with van der Waals surface area (Å²) in [4.78, 5) is 21.6. The monoisotopic (exact) mass is 487 g/mol. The number of carbonyl (C=O) groups is 1. The van der Waals surface area contributed by atoms with Crippen molar-refractivity contribution in [2.24, 2.45) is 5.92 Å². The van der Waals surface area contributed by atoms with Crippen LogP contribution < -0.4 is 5.32 Å². The molecule has 1 saturated heterocycles. The van der Waals surface area contributed by atoms with Gasteiger partial charge in [0.25, 0.3) is 5.91 Å². The van der Waals surface area contributed by atoms with Gasteiger partial charge in [0.2, 0.25) is 0 Å². The van der Waals surface area contributed by atoms with Gasteiger partial charge in [0, 0.05) is 34.5 Å². The first-order valence-electron chi connectivity index (χ1n) is 10.9. The van der Waals surface area contributed by atoms with Crippen LogP contribution in [-0.2, 0) is 16.3 Å². The number of halogens is 4. The first-order valence-corrected chi connectivity index (χ1v) is 11.2. The van der Waals surface area contributed by atoms with Crippen LogP contribution in [0.4, 0.5) is 18.9 Å². The predicted molar refractivity (Wildman–Crippen MR) is 122 cm³/mol. The van der Waals surface area contributed by atoms with E-state index in [0.717, 1.165) is 54.1 Å². The van der Waals surface area contributed by atoms with Crippen LogP contribution in [0.5, 0.6) is 0 Å². The minimum atomic E-state index is -4.53. The second-order valence-electron chi connectivity index (χ2n) is 8.84. The van der Waals surface area contributed by atoms with E-state index in [9.17, 15) is 18.0 Å². The van der Waals surface area contributed by atoms with E-state index in [1.54, 1.807) is 12.1 Å². The van der Waals surface area contributed by atoms with Crippen LogP contribution >= 0.6 is 11.6 Å². The second-order valence-corrected chi connectivity index (χ2v) is 9.22. The average molecular weight is 488 g/mol. The summed E-state index contributed by atoms with van der Waals surface area (Å²) in [6.45, 7) is 3.26. The average Bonchev–Trinajstić information content (AvgIpc) is 3.56. The zero-order chi connectivity index (χ0) is 24.1. The Morgan fingerprint density at radius 3 is 2.82 bits per heavy atom. The number of amides is 1. The zero-order valence-corrected chi connectivity index (χ0v) is 19.0. The fraction of sp³-hybridized carbons (Fsp3) is 0.320. The fourth-order valence-electron chi connectivity index (χ4n) is 4.67. The van der Waals surface area contributed by atoms with Crippen LogP contribution in [0.3, 0.4) is 0 Å². The molecule has 5 nitrogen and oxygen atoms in total. The molecule has 1 aliphatic heterocycles. The number of hydrogen-bond donors (Lipinski definition) is 1. The Bertz CT molecular complexity index is 1280. The molecule has 34 heavy (non-hydrogen) atoms. The molecule has 3 heterocycles. The Morgan fingerprint density at radius 2 is 2.06 bits per heavy atom. The van der Waals surface area contributed by atoms with Crippen molar-refractivity contribution in [3.8, 4) is 11.1 Å². The second kappa shape index (κ2) is 8.36. The number of carbonyl (C=O) groups excluding carboxylic acids is 1. The lowest BCUT2D eigenvalue weighted by Gasteiger charge is -2.22. The third kappa shape index (κ3) is 4.28. The third-order valence-electron chi connectivity index (χ3n) is 6.66. The summed E-state index contributed by atoms with van der Waals surface area (Å²) in [5, 5.41) is 3.02. The highest BCUT2D eigenvalue weighted by atomic mass is 35.5. The molecule has 1 aromatic carbocycles. The summed E-state index contributed by atoms with van der Waals surface area (Å²) in [7, 11) is 0. The maximum atomic E-state index is 13.0. The van der Waals surface area contributed by atoms with E-state index in [1.165, 1.54) is 18.3 Å². The number of ether oxygens (including phenoxy) is 1. The van der Waals surface area contributed by atoms with E-state index in [-0.39, 0.29) is 11.0 Å². The quantitative estimate of drug-likeness (QED) is 0.455. The summed E-state index contributed by atoms with van der Waals surface area (Å²) < 4.78 is 44.6. The molecule has 5 rings (SSSR count). The standard InChI is InChI=1S/C25H21ClF3N3O2/c1-14-20(16-8-21(32-22(26)9-16)24-5-6-34-13-18(24)11-24)10-19(12-30-14)31-23(33)15-3-2-4-17(7-15)25(27,28)29/h2-4,7-10,12,18H,5-6,11,13H2,1H3,(H,31,33). The fourth-order valence-corrected chi connectivity index (χ4v) is 4.88. The molecule has 1 amide bonds. The van der Waals surface area contributed by atoms with E-state index in [0.29, 0.717) is 23.4 Å². The lowest BCUT2D eigenvalue weighted by atomic mass is 9.91. The number of alkyl halides is 3. The van der Waals surface area contributed by atoms with Gasteiger partial charge in [0.05, 0.1) is 24.1 Å². The predicted octanol–water partition coefficient (Wildman–Crippen LogP) is 6.05. The minimum Gasteiger partial charge on any atom is -0.381 e. The van der Waals surface area contributed by atoms with E-state index in [1.807, 2.05) is 13.0 Å². The number of anilines is 1. The number of nitrogens with zero attached hydrogens (tertiary/aromatic N) is 2. The summed E-state index contributed by atoms with van der Waals surface area (Å²) in [5.41, 5.74) is 2.62. The van der Waals surface area contributed by atoms with Gasteiger partial charge < -0.3 is 10.1 Å². The first kappa shape index (κ1) is 22.8. The van der Waals surface area contributed by atoms with Crippen molar-refractivity contribution in [2.45, 2.75) is 31.4 Å². The number of nitrogens with one attached hydrogen (secondary N) is 1. The van der Waals surface area contributed by atoms with Gasteiger partial charge in [-0.05, 0) is 67.6 Å². The Balaban J connectivity index is 1.44.